The van der Waals surface area contributed by atoms with Crippen molar-refractivity contribution in [1.82, 2.24) is 4.98 Å². The van der Waals surface area contributed by atoms with Crippen molar-refractivity contribution in [1.29, 1.82) is 0 Å². The van der Waals surface area contributed by atoms with E-state index in [2.05, 4.69) is 10.3 Å². The first-order valence-corrected chi connectivity index (χ1v) is 7.20. The summed E-state index contributed by atoms with van der Waals surface area (Å²) in [7, 11) is 0. The van der Waals surface area contributed by atoms with Crippen molar-refractivity contribution >= 4 is 23.4 Å². The predicted molar refractivity (Wildman–Crippen MR) is 72.2 cm³/mol. The molecule has 0 amide bonds. The molecule has 1 aromatic rings. The highest BCUT2D eigenvalue weighted by atomic mass is 32.2. The molecule has 2 heterocycles. The molecule has 0 aromatic carbocycles. The van der Waals surface area contributed by atoms with Crippen LogP contribution in [0.3, 0.4) is 0 Å². The summed E-state index contributed by atoms with van der Waals surface area (Å²) in [6.45, 7) is 0.623. The van der Waals surface area contributed by atoms with Crippen molar-refractivity contribution in [3.05, 3.63) is 17.7 Å². The lowest BCUT2D eigenvalue weighted by Gasteiger charge is -2.22. The molecule has 1 fully saturated rings. The lowest BCUT2D eigenvalue weighted by atomic mass is 10.2. The Kier molecular flexibility index (Phi) is 4.44. The van der Waals surface area contributed by atoms with Gasteiger partial charge in [-0.2, -0.15) is 24.9 Å². The average molecular weight is 291 g/mol. The van der Waals surface area contributed by atoms with Gasteiger partial charge in [0.15, 0.2) is 0 Å². The fourth-order valence-corrected chi connectivity index (χ4v) is 3.23. The molecule has 106 valence electrons. The Labute approximate surface area is 114 Å². The van der Waals surface area contributed by atoms with E-state index in [0.717, 1.165) is 24.3 Å². The second-order valence-corrected chi connectivity index (χ2v) is 5.94. The highest BCUT2D eigenvalue weighted by Gasteiger charge is 2.31. The van der Waals surface area contributed by atoms with Crippen LogP contribution < -0.4 is 11.1 Å². The topological polar surface area (TPSA) is 50.9 Å². The SMILES string of the molecule is Nc1cc(C(F)(F)F)cc(NCC2CCCCS2)n1. The van der Waals surface area contributed by atoms with E-state index in [4.69, 9.17) is 5.73 Å². The van der Waals surface area contributed by atoms with E-state index < -0.39 is 11.7 Å². The minimum atomic E-state index is -4.40. The summed E-state index contributed by atoms with van der Waals surface area (Å²) < 4.78 is 37.9. The number of rotatable bonds is 3. The van der Waals surface area contributed by atoms with Gasteiger partial charge in [-0.15, -0.1) is 0 Å². The monoisotopic (exact) mass is 291 g/mol. The lowest BCUT2D eigenvalue weighted by molar-refractivity contribution is -0.137. The maximum Gasteiger partial charge on any atom is 0.416 e. The summed E-state index contributed by atoms with van der Waals surface area (Å²) in [6, 6.07) is 1.85. The fraction of sp³-hybridized carbons (Fsp3) is 0.583. The van der Waals surface area contributed by atoms with Gasteiger partial charge in [-0.25, -0.2) is 4.98 Å². The van der Waals surface area contributed by atoms with Gasteiger partial charge in [0.2, 0.25) is 0 Å². The molecule has 1 aromatic heterocycles. The van der Waals surface area contributed by atoms with Gasteiger partial charge < -0.3 is 11.1 Å². The van der Waals surface area contributed by atoms with Crippen LogP contribution in [0.25, 0.3) is 0 Å². The Morgan fingerprint density at radius 2 is 2.16 bits per heavy atom. The Morgan fingerprint density at radius 3 is 2.79 bits per heavy atom. The first-order valence-electron chi connectivity index (χ1n) is 6.15. The number of pyridine rings is 1. The number of alkyl halides is 3. The van der Waals surface area contributed by atoms with Crippen molar-refractivity contribution in [2.75, 3.05) is 23.3 Å². The summed E-state index contributed by atoms with van der Waals surface area (Å²) in [5.41, 5.74) is 4.64. The molecule has 1 atom stereocenters. The molecule has 1 unspecified atom stereocenters. The van der Waals surface area contributed by atoms with Gasteiger partial charge in [0.25, 0.3) is 0 Å². The summed E-state index contributed by atoms with van der Waals surface area (Å²) in [4.78, 5) is 3.89. The second-order valence-electron chi connectivity index (χ2n) is 4.53. The summed E-state index contributed by atoms with van der Waals surface area (Å²) >= 11 is 1.85. The number of anilines is 2. The molecular formula is C12H16F3N3S. The van der Waals surface area contributed by atoms with Crippen LogP contribution in [0, 0.1) is 0 Å². The predicted octanol–water partition coefficient (Wildman–Crippen LogP) is 3.38. The maximum absolute atomic E-state index is 12.6. The van der Waals surface area contributed by atoms with E-state index in [-0.39, 0.29) is 11.6 Å². The average Bonchev–Trinajstić information content (AvgIpc) is 2.36. The Morgan fingerprint density at radius 1 is 1.37 bits per heavy atom. The number of nitrogen functional groups attached to an aromatic ring is 1. The largest absolute Gasteiger partial charge is 0.416 e. The lowest BCUT2D eigenvalue weighted by Crippen LogP contribution is -2.21. The summed E-state index contributed by atoms with van der Waals surface area (Å²) in [6.07, 6.45) is -0.910. The van der Waals surface area contributed by atoms with Gasteiger partial charge in [-0.3, -0.25) is 0 Å². The summed E-state index contributed by atoms with van der Waals surface area (Å²) in [5.74, 6) is 1.19. The van der Waals surface area contributed by atoms with Crippen LogP contribution in [0.1, 0.15) is 24.8 Å². The quantitative estimate of drug-likeness (QED) is 0.896. The molecule has 1 aliphatic rings. The number of nitrogens with two attached hydrogens (primary N) is 1. The fourth-order valence-electron chi connectivity index (χ4n) is 1.99. The second kappa shape index (κ2) is 5.90. The third-order valence-electron chi connectivity index (χ3n) is 2.96. The van der Waals surface area contributed by atoms with Gasteiger partial charge in [0.05, 0.1) is 5.56 Å². The zero-order chi connectivity index (χ0) is 13.9. The third-order valence-corrected chi connectivity index (χ3v) is 4.36. The maximum atomic E-state index is 12.6. The van der Waals surface area contributed by atoms with Crippen molar-refractivity contribution in [3.63, 3.8) is 0 Å². The minimum Gasteiger partial charge on any atom is -0.384 e. The highest BCUT2D eigenvalue weighted by molar-refractivity contribution is 7.99. The standard InChI is InChI=1S/C12H16F3N3S/c13-12(14,15)8-5-10(16)18-11(6-8)17-7-9-3-1-2-4-19-9/h5-6,9H,1-4,7H2,(H3,16,17,18). The number of nitrogens with zero attached hydrogens (tertiary/aromatic N) is 1. The van der Waals surface area contributed by atoms with Crippen LogP contribution in [0.2, 0.25) is 0 Å². The number of thioether (sulfide) groups is 1. The van der Waals surface area contributed by atoms with Crippen LogP contribution in [0.15, 0.2) is 12.1 Å². The Balaban J connectivity index is 2.01. The number of aromatic nitrogens is 1. The van der Waals surface area contributed by atoms with Gasteiger partial charge in [-0.1, -0.05) is 6.42 Å². The van der Waals surface area contributed by atoms with Crippen LogP contribution in [-0.4, -0.2) is 22.5 Å². The van der Waals surface area contributed by atoms with Crippen molar-refractivity contribution < 1.29 is 13.2 Å². The van der Waals surface area contributed by atoms with Crippen molar-refractivity contribution in [2.24, 2.45) is 0 Å². The molecule has 0 bridgehead atoms. The molecule has 19 heavy (non-hydrogen) atoms. The zero-order valence-corrected chi connectivity index (χ0v) is 11.2. The molecular weight excluding hydrogens is 275 g/mol. The smallest absolute Gasteiger partial charge is 0.384 e. The Bertz CT molecular complexity index is 431. The van der Waals surface area contributed by atoms with E-state index in [1.165, 1.54) is 12.8 Å². The molecule has 3 N–H and O–H groups in total. The van der Waals surface area contributed by atoms with E-state index in [1.807, 2.05) is 11.8 Å². The molecule has 0 saturated carbocycles. The molecule has 1 aliphatic heterocycles. The minimum absolute atomic E-state index is 0.117. The normalized spacial score (nSPS) is 20.3. The van der Waals surface area contributed by atoms with E-state index in [9.17, 15) is 13.2 Å². The molecule has 0 aliphatic carbocycles. The summed E-state index contributed by atoms with van der Waals surface area (Å²) in [5, 5.41) is 3.39. The van der Waals surface area contributed by atoms with Gasteiger partial charge in [-0.05, 0) is 30.7 Å². The first kappa shape index (κ1) is 14.3. The van der Waals surface area contributed by atoms with Crippen LogP contribution in [0.4, 0.5) is 24.8 Å². The first-order chi connectivity index (χ1) is 8.95. The molecule has 3 nitrogen and oxygen atoms in total. The molecule has 1 saturated heterocycles. The van der Waals surface area contributed by atoms with Gasteiger partial charge in [0.1, 0.15) is 11.6 Å². The van der Waals surface area contributed by atoms with Crippen molar-refractivity contribution in [3.8, 4) is 0 Å². The zero-order valence-electron chi connectivity index (χ0n) is 10.3. The van der Waals surface area contributed by atoms with E-state index in [1.54, 1.807) is 0 Å². The Hall–Kier alpha value is -1.11. The van der Waals surface area contributed by atoms with Crippen LogP contribution >= 0.6 is 11.8 Å². The molecule has 7 heteroatoms. The number of hydrogen-bond acceptors (Lipinski definition) is 4. The molecule has 2 rings (SSSR count). The molecule has 0 radical (unpaired) electrons. The highest BCUT2D eigenvalue weighted by Crippen LogP contribution is 2.32. The van der Waals surface area contributed by atoms with Crippen molar-refractivity contribution in [2.45, 2.75) is 30.7 Å². The van der Waals surface area contributed by atoms with Gasteiger partial charge in [0, 0.05) is 11.8 Å². The van der Waals surface area contributed by atoms with Crippen LogP contribution in [0.5, 0.6) is 0 Å². The molecule has 0 spiro atoms. The van der Waals surface area contributed by atoms with E-state index in [0.29, 0.717) is 11.8 Å². The number of halogens is 3. The number of nitrogens with one attached hydrogen (secondary N) is 1. The van der Waals surface area contributed by atoms with Crippen LogP contribution in [-0.2, 0) is 6.18 Å². The van der Waals surface area contributed by atoms with Gasteiger partial charge >= 0.3 is 6.18 Å². The third kappa shape index (κ3) is 4.19. The van der Waals surface area contributed by atoms with E-state index >= 15 is 0 Å². The number of hydrogen-bond donors (Lipinski definition) is 2.